The maximum Gasteiger partial charge on any atom is 0.269 e. The largest absolute Gasteiger partial charge is 0.444 e. The summed E-state index contributed by atoms with van der Waals surface area (Å²) in [4.78, 5) is 17.9. The van der Waals surface area contributed by atoms with Crippen molar-refractivity contribution in [1.82, 2.24) is 20.1 Å². The van der Waals surface area contributed by atoms with Gasteiger partial charge in [0, 0.05) is 18.2 Å². The van der Waals surface area contributed by atoms with Crippen molar-refractivity contribution < 1.29 is 9.21 Å². The van der Waals surface area contributed by atoms with E-state index in [-0.39, 0.29) is 0 Å². The van der Waals surface area contributed by atoms with Crippen molar-refractivity contribution in [3.63, 3.8) is 0 Å². The lowest BCUT2D eigenvalue weighted by atomic mass is 9.94. The molecule has 0 spiro atoms. The van der Waals surface area contributed by atoms with Crippen LogP contribution in [0, 0.1) is 13.8 Å². The normalized spacial score (nSPS) is 19.5. The van der Waals surface area contributed by atoms with Crippen molar-refractivity contribution in [1.29, 1.82) is 0 Å². The zero-order valence-corrected chi connectivity index (χ0v) is 12.9. The van der Waals surface area contributed by atoms with Gasteiger partial charge in [0.25, 0.3) is 5.91 Å². The molecule has 1 amide bonds. The summed E-state index contributed by atoms with van der Waals surface area (Å²) in [6, 6.07) is 1.76. The summed E-state index contributed by atoms with van der Waals surface area (Å²) in [5.41, 5.74) is 7.47. The van der Waals surface area contributed by atoms with Crippen molar-refractivity contribution in [3.05, 3.63) is 34.8 Å². The first-order valence-electron chi connectivity index (χ1n) is 7.53. The van der Waals surface area contributed by atoms with Crippen LogP contribution in [0.2, 0.25) is 0 Å². The molecule has 0 aromatic carbocycles. The minimum Gasteiger partial charge on any atom is -0.444 e. The van der Waals surface area contributed by atoms with Crippen LogP contribution >= 0.6 is 0 Å². The molecular weight excluding hydrogens is 282 g/mol. The first-order valence-corrected chi connectivity index (χ1v) is 7.53. The number of nitrogens with one attached hydrogen (secondary N) is 1. The van der Waals surface area contributed by atoms with Crippen molar-refractivity contribution in [2.24, 2.45) is 5.73 Å². The lowest BCUT2D eigenvalue weighted by molar-refractivity contribution is 0.0995. The number of nitrogens with zero attached hydrogens (tertiary/aromatic N) is 3. The van der Waals surface area contributed by atoms with Gasteiger partial charge in [0.05, 0.1) is 12.2 Å². The molecule has 0 bridgehead atoms. The molecule has 1 atom stereocenters. The third-order valence-corrected chi connectivity index (χ3v) is 4.23. The molecule has 1 unspecified atom stereocenters. The van der Waals surface area contributed by atoms with Crippen LogP contribution in [-0.4, -0.2) is 39.1 Å². The summed E-state index contributed by atoms with van der Waals surface area (Å²) in [5, 5.41) is 6.90. The molecule has 3 heterocycles. The lowest BCUT2D eigenvalue weighted by Gasteiger charge is -2.31. The van der Waals surface area contributed by atoms with Crippen LogP contribution in [0.3, 0.4) is 0 Å². The first-order chi connectivity index (χ1) is 10.5. The molecule has 7 nitrogen and oxygen atoms in total. The fourth-order valence-corrected chi connectivity index (χ4v) is 2.92. The van der Waals surface area contributed by atoms with Gasteiger partial charge in [0.1, 0.15) is 11.5 Å². The van der Waals surface area contributed by atoms with E-state index in [0.29, 0.717) is 18.2 Å². The quantitative estimate of drug-likeness (QED) is 0.891. The predicted octanol–water partition coefficient (Wildman–Crippen LogP) is 1.49. The number of rotatable bonds is 4. The molecule has 3 N–H and O–H groups in total. The van der Waals surface area contributed by atoms with Crippen LogP contribution in [0.1, 0.15) is 52.3 Å². The van der Waals surface area contributed by atoms with Crippen molar-refractivity contribution in [3.8, 4) is 0 Å². The van der Waals surface area contributed by atoms with E-state index in [4.69, 9.17) is 10.2 Å². The van der Waals surface area contributed by atoms with E-state index < -0.39 is 5.91 Å². The van der Waals surface area contributed by atoms with Gasteiger partial charge in [-0.25, -0.2) is 4.98 Å². The number of carbonyl (C=O) groups is 1. The molecule has 0 aliphatic carbocycles. The third kappa shape index (κ3) is 3.04. The van der Waals surface area contributed by atoms with Crippen molar-refractivity contribution in [2.45, 2.75) is 39.2 Å². The number of hydrogen-bond acceptors (Lipinski definition) is 5. The van der Waals surface area contributed by atoms with E-state index in [9.17, 15) is 4.79 Å². The predicted molar refractivity (Wildman–Crippen MR) is 80.3 cm³/mol. The third-order valence-electron chi connectivity index (χ3n) is 4.23. The maximum atomic E-state index is 11.1. The number of amides is 1. The highest BCUT2D eigenvalue weighted by Crippen LogP contribution is 2.27. The Morgan fingerprint density at radius 3 is 3.00 bits per heavy atom. The van der Waals surface area contributed by atoms with Gasteiger partial charge in [0.2, 0.25) is 5.89 Å². The van der Waals surface area contributed by atoms with Crippen LogP contribution in [0.15, 0.2) is 10.5 Å². The number of aromatic amines is 1. The Morgan fingerprint density at radius 2 is 2.36 bits per heavy atom. The Hall–Kier alpha value is -2.15. The fraction of sp³-hybridized carbons (Fsp3) is 0.533. The van der Waals surface area contributed by atoms with E-state index >= 15 is 0 Å². The van der Waals surface area contributed by atoms with Crippen LogP contribution in [0.5, 0.6) is 0 Å². The number of likely N-dealkylation sites (tertiary alicyclic amines) is 1. The average molecular weight is 303 g/mol. The zero-order valence-electron chi connectivity index (χ0n) is 12.9. The molecule has 118 valence electrons. The molecule has 3 rings (SSSR count). The molecule has 1 aliphatic heterocycles. The molecule has 1 saturated heterocycles. The molecule has 1 fully saturated rings. The number of aryl methyl sites for hydroxylation is 2. The summed E-state index contributed by atoms with van der Waals surface area (Å²) in [6.07, 6.45) is 2.16. The molecular formula is C15H21N5O2. The van der Waals surface area contributed by atoms with Gasteiger partial charge in [-0.3, -0.25) is 14.8 Å². The van der Waals surface area contributed by atoms with E-state index in [2.05, 4.69) is 20.1 Å². The lowest BCUT2D eigenvalue weighted by Crippen LogP contribution is -2.34. The van der Waals surface area contributed by atoms with Gasteiger partial charge in [-0.1, -0.05) is 0 Å². The second-order valence-corrected chi connectivity index (χ2v) is 5.90. The van der Waals surface area contributed by atoms with Gasteiger partial charge in [-0.15, -0.1) is 0 Å². The average Bonchev–Trinajstić information content (AvgIpc) is 3.07. The fourth-order valence-electron chi connectivity index (χ4n) is 2.92. The molecule has 2 aromatic heterocycles. The summed E-state index contributed by atoms with van der Waals surface area (Å²) in [6.45, 7) is 6.51. The van der Waals surface area contributed by atoms with Gasteiger partial charge < -0.3 is 10.2 Å². The van der Waals surface area contributed by atoms with Crippen molar-refractivity contribution in [2.75, 3.05) is 13.1 Å². The highest BCUT2D eigenvalue weighted by Gasteiger charge is 2.24. The van der Waals surface area contributed by atoms with E-state index in [1.165, 1.54) is 0 Å². The highest BCUT2D eigenvalue weighted by molar-refractivity contribution is 5.90. The number of piperidine rings is 1. The highest BCUT2D eigenvalue weighted by atomic mass is 16.4. The van der Waals surface area contributed by atoms with Crippen LogP contribution in [-0.2, 0) is 6.54 Å². The van der Waals surface area contributed by atoms with Gasteiger partial charge in [-0.2, -0.15) is 5.10 Å². The number of hydrogen-bond donors (Lipinski definition) is 2. The van der Waals surface area contributed by atoms with E-state index in [0.717, 1.165) is 49.0 Å². The van der Waals surface area contributed by atoms with Crippen LogP contribution < -0.4 is 5.73 Å². The summed E-state index contributed by atoms with van der Waals surface area (Å²) in [7, 11) is 0. The smallest absolute Gasteiger partial charge is 0.269 e. The minimum absolute atomic E-state index is 0.297. The SMILES string of the molecule is Cc1nc(CN2CCCC(c3cc(C(N)=O)n[nH]3)C2)oc1C. The number of nitrogens with two attached hydrogens (primary N) is 1. The van der Waals surface area contributed by atoms with Gasteiger partial charge in [0.15, 0.2) is 0 Å². The summed E-state index contributed by atoms with van der Waals surface area (Å²) in [5.74, 6) is 1.47. The van der Waals surface area contributed by atoms with Crippen molar-refractivity contribution >= 4 is 5.91 Å². The molecule has 7 heteroatoms. The molecule has 0 saturated carbocycles. The van der Waals surface area contributed by atoms with Crippen LogP contribution in [0.4, 0.5) is 0 Å². The topological polar surface area (TPSA) is 101 Å². The standard InChI is InChI=1S/C15H21N5O2/c1-9-10(2)22-14(17-9)8-20-5-3-4-11(7-20)12-6-13(15(16)21)19-18-12/h6,11H,3-5,7-8H2,1-2H3,(H2,16,21)(H,18,19). The van der Waals surface area contributed by atoms with E-state index in [1.807, 2.05) is 13.8 Å². The molecule has 1 aliphatic rings. The first kappa shape index (κ1) is 14.8. The molecule has 22 heavy (non-hydrogen) atoms. The Balaban J connectivity index is 1.66. The second kappa shape index (κ2) is 5.92. The van der Waals surface area contributed by atoms with Gasteiger partial charge in [-0.05, 0) is 39.3 Å². The minimum atomic E-state index is -0.499. The monoisotopic (exact) mass is 303 g/mol. The maximum absolute atomic E-state index is 11.1. The Kier molecular flexibility index (Phi) is 3.98. The number of aromatic nitrogens is 3. The number of carbonyl (C=O) groups excluding carboxylic acids is 1. The Labute approximate surface area is 128 Å². The van der Waals surface area contributed by atoms with E-state index in [1.54, 1.807) is 6.07 Å². The van der Waals surface area contributed by atoms with Crippen LogP contribution in [0.25, 0.3) is 0 Å². The molecule has 0 radical (unpaired) electrons. The zero-order chi connectivity index (χ0) is 15.7. The summed E-state index contributed by atoms with van der Waals surface area (Å²) >= 11 is 0. The second-order valence-electron chi connectivity index (χ2n) is 5.90. The number of primary amides is 1. The number of oxazole rings is 1. The Morgan fingerprint density at radius 1 is 1.55 bits per heavy atom. The van der Waals surface area contributed by atoms with Gasteiger partial charge >= 0.3 is 0 Å². The number of H-pyrrole nitrogens is 1. The Bertz CT molecular complexity index is 656. The summed E-state index contributed by atoms with van der Waals surface area (Å²) < 4.78 is 5.66. The molecule has 2 aromatic rings.